The van der Waals surface area contributed by atoms with E-state index < -0.39 is 5.92 Å². The van der Waals surface area contributed by atoms with Crippen LogP contribution in [0, 0.1) is 26.7 Å². The van der Waals surface area contributed by atoms with E-state index in [1.54, 1.807) is 0 Å². The van der Waals surface area contributed by atoms with Gasteiger partial charge in [0.2, 0.25) is 0 Å². The van der Waals surface area contributed by atoms with E-state index in [-0.39, 0.29) is 17.5 Å². The molecule has 0 aliphatic heterocycles. The van der Waals surface area contributed by atoms with Gasteiger partial charge >= 0.3 is 0 Å². The predicted octanol–water partition coefficient (Wildman–Crippen LogP) is 4.61. The molecule has 2 atom stereocenters. The largest absolute Gasteiger partial charge is 0.298 e. The third kappa shape index (κ3) is 3.48. The summed E-state index contributed by atoms with van der Waals surface area (Å²) in [7, 11) is 0. The van der Waals surface area contributed by atoms with Gasteiger partial charge in [-0.1, -0.05) is 37.6 Å². The molecule has 0 radical (unpaired) electrons. The van der Waals surface area contributed by atoms with Crippen LogP contribution in [0.1, 0.15) is 65.7 Å². The molecule has 1 heterocycles. The molecule has 1 fully saturated rings. The Bertz CT molecular complexity index is 843. The number of carbonyl (C=O) groups is 2. The average Bonchev–Trinajstić information content (AvgIpc) is 2.82. The summed E-state index contributed by atoms with van der Waals surface area (Å²) in [6.07, 6.45) is 0.870. The first-order valence-corrected chi connectivity index (χ1v) is 9.38. The van der Waals surface area contributed by atoms with E-state index >= 15 is 0 Å². The second kappa shape index (κ2) is 7.14. The number of carbonyl (C=O) groups excluding carboxylic acids is 2. The number of pyridine rings is 1. The van der Waals surface area contributed by atoms with Gasteiger partial charge in [-0.2, -0.15) is 0 Å². The van der Waals surface area contributed by atoms with E-state index in [1.165, 1.54) is 0 Å². The van der Waals surface area contributed by atoms with Crippen LogP contribution in [0.15, 0.2) is 30.3 Å². The van der Waals surface area contributed by atoms with Crippen molar-refractivity contribution in [2.75, 3.05) is 0 Å². The van der Waals surface area contributed by atoms with Crippen LogP contribution in [0.5, 0.6) is 0 Å². The van der Waals surface area contributed by atoms with E-state index in [9.17, 15) is 9.59 Å². The van der Waals surface area contributed by atoms with E-state index in [2.05, 4.69) is 31.0 Å². The van der Waals surface area contributed by atoms with Gasteiger partial charge in [-0.05, 0) is 61.9 Å². The first-order chi connectivity index (χ1) is 12.3. The highest BCUT2D eigenvalue weighted by atomic mass is 16.2. The molecule has 0 spiro atoms. The Morgan fingerprint density at radius 2 is 1.73 bits per heavy atom. The molecule has 2 aromatic rings. The average molecular weight is 349 g/mol. The highest BCUT2D eigenvalue weighted by Gasteiger charge is 2.43. The van der Waals surface area contributed by atoms with Crippen molar-refractivity contribution >= 4 is 11.6 Å². The highest BCUT2D eigenvalue weighted by Crippen LogP contribution is 2.37. The summed E-state index contributed by atoms with van der Waals surface area (Å²) in [5, 5.41) is 0. The molecule has 1 aromatic heterocycles. The Morgan fingerprint density at radius 1 is 1.08 bits per heavy atom. The van der Waals surface area contributed by atoms with Crippen molar-refractivity contribution < 1.29 is 9.59 Å². The zero-order chi connectivity index (χ0) is 19.0. The zero-order valence-corrected chi connectivity index (χ0v) is 16.3. The first-order valence-electron chi connectivity index (χ1n) is 9.38. The van der Waals surface area contributed by atoms with Gasteiger partial charge < -0.3 is 0 Å². The monoisotopic (exact) mass is 349 g/mol. The SMILES string of the molecule is Cc1cc(C)c(C2C(=O)CC(Cc3cccc(C(C)C)n3)C2=O)c(C)c1. The number of hydrogen-bond acceptors (Lipinski definition) is 3. The topological polar surface area (TPSA) is 47.0 Å². The first kappa shape index (κ1) is 18.5. The second-order valence-corrected chi connectivity index (χ2v) is 7.93. The van der Waals surface area contributed by atoms with Crippen molar-refractivity contribution in [3.8, 4) is 0 Å². The summed E-state index contributed by atoms with van der Waals surface area (Å²) in [5.41, 5.74) is 6.08. The number of Topliss-reactive ketones (excluding diaryl/α,β-unsaturated/α-hetero) is 2. The number of aromatic nitrogens is 1. The summed E-state index contributed by atoms with van der Waals surface area (Å²) in [6.45, 7) is 10.2. The molecule has 0 bridgehead atoms. The fourth-order valence-corrected chi connectivity index (χ4v) is 4.16. The van der Waals surface area contributed by atoms with Gasteiger partial charge in [0.1, 0.15) is 11.7 Å². The molecular weight excluding hydrogens is 322 g/mol. The van der Waals surface area contributed by atoms with Crippen molar-refractivity contribution in [1.82, 2.24) is 4.98 Å². The Kier molecular flexibility index (Phi) is 5.08. The predicted molar refractivity (Wildman–Crippen MR) is 104 cm³/mol. The van der Waals surface area contributed by atoms with Crippen LogP contribution in [0.25, 0.3) is 0 Å². The van der Waals surface area contributed by atoms with E-state index in [0.29, 0.717) is 18.8 Å². The fraction of sp³-hybridized carbons (Fsp3) is 0.435. The fourth-order valence-electron chi connectivity index (χ4n) is 4.16. The van der Waals surface area contributed by atoms with Crippen molar-refractivity contribution in [3.63, 3.8) is 0 Å². The lowest BCUT2D eigenvalue weighted by molar-refractivity contribution is -0.124. The van der Waals surface area contributed by atoms with Gasteiger partial charge in [0.05, 0.1) is 0 Å². The van der Waals surface area contributed by atoms with Crippen molar-refractivity contribution in [3.05, 3.63) is 64.0 Å². The van der Waals surface area contributed by atoms with E-state index in [1.807, 2.05) is 39.0 Å². The number of aryl methyl sites for hydroxylation is 3. The summed E-state index contributed by atoms with van der Waals surface area (Å²) >= 11 is 0. The smallest absolute Gasteiger partial charge is 0.151 e. The van der Waals surface area contributed by atoms with Crippen LogP contribution in [0.2, 0.25) is 0 Å². The number of benzene rings is 1. The Hall–Kier alpha value is -2.29. The minimum Gasteiger partial charge on any atom is -0.298 e. The van der Waals surface area contributed by atoms with Crippen LogP contribution < -0.4 is 0 Å². The van der Waals surface area contributed by atoms with Crippen LogP contribution >= 0.6 is 0 Å². The molecule has 3 rings (SSSR count). The molecular formula is C23H27NO2. The molecule has 3 nitrogen and oxygen atoms in total. The molecule has 26 heavy (non-hydrogen) atoms. The summed E-state index contributed by atoms with van der Waals surface area (Å²) in [5.74, 6) is -0.408. The van der Waals surface area contributed by atoms with Gasteiger partial charge in [0.15, 0.2) is 5.78 Å². The van der Waals surface area contributed by atoms with Crippen LogP contribution in [0.3, 0.4) is 0 Å². The van der Waals surface area contributed by atoms with Crippen molar-refractivity contribution in [2.24, 2.45) is 5.92 Å². The third-order valence-corrected chi connectivity index (χ3v) is 5.36. The highest BCUT2D eigenvalue weighted by molar-refractivity contribution is 6.15. The molecule has 0 N–H and O–H groups in total. The number of hydrogen-bond donors (Lipinski definition) is 0. The maximum atomic E-state index is 13.1. The molecule has 1 aromatic carbocycles. The molecule has 1 aliphatic carbocycles. The molecule has 3 heteroatoms. The maximum Gasteiger partial charge on any atom is 0.151 e. The summed E-state index contributed by atoms with van der Waals surface area (Å²) in [4.78, 5) is 30.5. The maximum absolute atomic E-state index is 13.1. The van der Waals surface area contributed by atoms with Gasteiger partial charge in [0.25, 0.3) is 0 Å². The quantitative estimate of drug-likeness (QED) is 0.757. The Labute approximate surface area is 155 Å². The summed E-state index contributed by atoms with van der Waals surface area (Å²) < 4.78 is 0. The molecule has 0 amide bonds. The van der Waals surface area contributed by atoms with Gasteiger partial charge in [-0.15, -0.1) is 0 Å². The normalized spacial score (nSPS) is 20.2. The van der Waals surface area contributed by atoms with E-state index in [4.69, 9.17) is 0 Å². The standard InChI is InChI=1S/C23H27NO2/c1-13(2)19-8-6-7-18(24-19)11-17-12-20(25)22(23(17)26)21-15(4)9-14(3)10-16(21)5/h6-10,13,17,22H,11-12H2,1-5H3. The van der Waals surface area contributed by atoms with Crippen molar-refractivity contribution in [1.29, 1.82) is 0 Å². The zero-order valence-electron chi connectivity index (χ0n) is 16.3. The minimum absolute atomic E-state index is 0.0510. The lowest BCUT2D eigenvalue weighted by Crippen LogP contribution is -2.19. The second-order valence-electron chi connectivity index (χ2n) is 7.93. The molecule has 136 valence electrons. The lowest BCUT2D eigenvalue weighted by atomic mass is 9.86. The van der Waals surface area contributed by atoms with Gasteiger partial charge in [-0.25, -0.2) is 0 Å². The molecule has 1 saturated carbocycles. The van der Waals surface area contributed by atoms with Gasteiger partial charge in [-0.3, -0.25) is 14.6 Å². The van der Waals surface area contributed by atoms with Crippen molar-refractivity contribution in [2.45, 2.75) is 59.3 Å². The van der Waals surface area contributed by atoms with Gasteiger partial charge in [0, 0.05) is 23.7 Å². The molecule has 0 saturated heterocycles. The van der Waals surface area contributed by atoms with Crippen LogP contribution in [-0.2, 0) is 16.0 Å². The Balaban J connectivity index is 1.87. The lowest BCUT2D eigenvalue weighted by Gasteiger charge is -2.16. The summed E-state index contributed by atoms with van der Waals surface area (Å²) in [6, 6.07) is 10.1. The van der Waals surface area contributed by atoms with Crippen LogP contribution in [0.4, 0.5) is 0 Å². The van der Waals surface area contributed by atoms with E-state index in [0.717, 1.165) is 33.6 Å². The third-order valence-electron chi connectivity index (χ3n) is 5.36. The minimum atomic E-state index is -0.603. The van der Waals surface area contributed by atoms with Crippen LogP contribution in [-0.4, -0.2) is 16.6 Å². The molecule has 1 aliphatic rings. The molecule has 2 unspecified atom stereocenters. The Morgan fingerprint density at radius 3 is 2.35 bits per heavy atom. The number of ketones is 2. The number of rotatable bonds is 4. The number of nitrogens with zero attached hydrogens (tertiary/aromatic N) is 1.